The smallest absolute Gasteiger partial charge is 0.411 e. The molecule has 12 nitrogen and oxygen atoms in total. The molecule has 1 fully saturated rings. The molecule has 0 spiro atoms. The first-order valence-electron chi connectivity index (χ1n) is 17.3. The molecule has 3 aromatic heterocycles. The Hall–Kier alpha value is -5.64. The van der Waals surface area contributed by atoms with E-state index in [1.54, 1.807) is 18.2 Å². The highest BCUT2D eigenvalue weighted by molar-refractivity contribution is 5.99. The van der Waals surface area contributed by atoms with Crippen molar-refractivity contribution in [2.45, 2.75) is 51.9 Å². The maximum Gasteiger partial charge on any atom is 0.411 e. The number of pyridine rings is 2. The molecule has 284 valence electrons. The highest BCUT2D eigenvalue weighted by Gasteiger charge is 2.45. The Morgan fingerprint density at radius 2 is 1.87 bits per heavy atom. The van der Waals surface area contributed by atoms with Crippen LogP contribution in [0.1, 0.15) is 41.8 Å². The van der Waals surface area contributed by atoms with Crippen LogP contribution in [-0.2, 0) is 27.7 Å². The number of alkyl halides is 3. The second-order valence-electron chi connectivity index (χ2n) is 13.5. The van der Waals surface area contributed by atoms with Crippen LogP contribution in [0.3, 0.4) is 0 Å². The van der Waals surface area contributed by atoms with E-state index in [-0.39, 0.29) is 59.9 Å². The summed E-state index contributed by atoms with van der Waals surface area (Å²) in [6.45, 7) is 4.59. The Bertz CT molecular complexity index is 2340. The van der Waals surface area contributed by atoms with E-state index in [2.05, 4.69) is 15.3 Å². The lowest BCUT2D eigenvalue weighted by Crippen LogP contribution is -2.53. The summed E-state index contributed by atoms with van der Waals surface area (Å²) in [5.41, 5.74) is -0.389. The van der Waals surface area contributed by atoms with Gasteiger partial charge in [0.25, 0.3) is 11.5 Å². The average Bonchev–Trinajstić information content (AvgIpc) is 3.13. The fourth-order valence-electron chi connectivity index (χ4n) is 6.58. The summed E-state index contributed by atoms with van der Waals surface area (Å²) >= 11 is 0. The number of nitrogens with zero attached hydrogens (tertiary/aromatic N) is 5. The number of anilines is 1. The molecule has 0 saturated carbocycles. The fraction of sp³-hybridized carbons (Fsp3) is 0.368. The van der Waals surface area contributed by atoms with E-state index in [9.17, 15) is 32.3 Å². The number of ether oxygens (including phenoxy) is 2. The molecule has 1 aliphatic rings. The minimum absolute atomic E-state index is 0.00856. The third kappa shape index (κ3) is 7.56. The largest absolute Gasteiger partial charge is 0.464 e. The number of halogens is 4. The Balaban J connectivity index is 1.36. The maximum atomic E-state index is 15.7. The summed E-state index contributed by atoms with van der Waals surface area (Å²) < 4.78 is 69.9. The fourth-order valence-corrected chi connectivity index (χ4v) is 6.58. The molecular weight excluding hydrogens is 712 g/mol. The number of morpholine rings is 1. The van der Waals surface area contributed by atoms with E-state index in [1.165, 1.54) is 55.3 Å². The molecule has 0 unspecified atom stereocenters. The number of carbonyl (C=O) groups excluding carboxylic acids is 2. The van der Waals surface area contributed by atoms with Crippen molar-refractivity contribution >= 4 is 39.4 Å². The first kappa shape index (κ1) is 38.1. The van der Waals surface area contributed by atoms with Gasteiger partial charge in [0.2, 0.25) is 0 Å². The molecule has 5 aromatic rings. The van der Waals surface area contributed by atoms with Crippen LogP contribution in [0.4, 0.5) is 23.2 Å². The first-order chi connectivity index (χ1) is 25.7. The number of fused-ring (bicyclic) bond motifs is 2. The number of hydrogen-bond acceptors (Lipinski definition) is 9. The zero-order valence-electron chi connectivity index (χ0n) is 29.9. The average molecular weight is 751 g/mol. The van der Waals surface area contributed by atoms with Crippen molar-refractivity contribution in [1.29, 1.82) is 0 Å². The topological polar surface area (TPSA) is 138 Å². The van der Waals surface area contributed by atoms with E-state index in [4.69, 9.17) is 9.47 Å². The molecule has 54 heavy (non-hydrogen) atoms. The van der Waals surface area contributed by atoms with Crippen molar-refractivity contribution in [2.75, 3.05) is 31.3 Å². The molecule has 4 heterocycles. The monoisotopic (exact) mass is 750 g/mol. The molecule has 1 saturated heterocycles. The van der Waals surface area contributed by atoms with E-state index >= 15 is 4.39 Å². The Labute approximate surface area is 306 Å². The zero-order valence-corrected chi connectivity index (χ0v) is 29.9. The molecule has 0 bridgehead atoms. The number of hydrogen-bond donors (Lipinski definition) is 1. The van der Waals surface area contributed by atoms with Gasteiger partial charge in [0.05, 0.1) is 53.7 Å². The highest BCUT2D eigenvalue weighted by Crippen LogP contribution is 2.33. The van der Waals surface area contributed by atoms with Crippen molar-refractivity contribution in [3.8, 4) is 5.69 Å². The zero-order chi connectivity index (χ0) is 38.9. The van der Waals surface area contributed by atoms with Gasteiger partial charge in [-0.1, -0.05) is 26.0 Å². The summed E-state index contributed by atoms with van der Waals surface area (Å²) in [6, 6.07) is 6.77. The minimum atomic E-state index is -4.64. The van der Waals surface area contributed by atoms with Crippen LogP contribution in [0.5, 0.6) is 0 Å². The third-order valence-corrected chi connectivity index (χ3v) is 9.44. The van der Waals surface area contributed by atoms with Crippen molar-refractivity contribution < 1.29 is 36.6 Å². The van der Waals surface area contributed by atoms with Gasteiger partial charge in [-0.15, -0.1) is 0 Å². The van der Waals surface area contributed by atoms with E-state index in [0.29, 0.717) is 22.9 Å². The highest BCUT2D eigenvalue weighted by atomic mass is 19.4. The number of amides is 1. The van der Waals surface area contributed by atoms with Gasteiger partial charge in [-0.05, 0) is 60.7 Å². The second kappa shape index (κ2) is 15.4. The summed E-state index contributed by atoms with van der Waals surface area (Å²) in [5.74, 6) is -2.64. The number of aryl methyl sites for hydroxylation is 2. The predicted molar refractivity (Wildman–Crippen MR) is 192 cm³/mol. The molecule has 2 aromatic carbocycles. The molecular formula is C38H38F4N6O6. The quantitative estimate of drug-likeness (QED) is 0.158. The van der Waals surface area contributed by atoms with Gasteiger partial charge in [0, 0.05) is 43.5 Å². The van der Waals surface area contributed by atoms with Crippen LogP contribution in [0.2, 0.25) is 0 Å². The van der Waals surface area contributed by atoms with Gasteiger partial charge in [0.15, 0.2) is 0 Å². The third-order valence-electron chi connectivity index (χ3n) is 9.44. The molecule has 0 aliphatic carbocycles. The SMILES string of the molecule is Cc1cc(N2CCOC[C@@H]2C(F)(F)F)cc(F)c1C(=O)N[C@@H](Cc1ccc(-n2c(=O)c3ccncc3n(C)c2=O)c2ncccc12)C(=O)OCCC(C)C. The number of esters is 1. The lowest BCUT2D eigenvalue weighted by atomic mass is 9.99. The summed E-state index contributed by atoms with van der Waals surface area (Å²) in [6.07, 6.45) is 0.0895. The van der Waals surface area contributed by atoms with Gasteiger partial charge in [-0.3, -0.25) is 24.1 Å². The molecule has 1 N–H and O–H groups in total. The standard InChI is InChI=1S/C38H38F4N6O6/c1-21(2)10-14-54-36(51)28(45-34(49)32-22(3)16-24(18-27(32)39)47-13-15-53-20-31(47)38(40,41)42)17-23-7-8-29(33-25(23)6-5-11-44-33)48-35(50)26-9-12-43-19-30(26)46(4)37(48)52/h5-9,11-12,16,18-19,21,28,31H,10,13-15,17,20H2,1-4H3,(H,45,49)/t28-,31+/m0/s1. The number of rotatable bonds is 10. The lowest BCUT2D eigenvalue weighted by molar-refractivity contribution is -0.167. The van der Waals surface area contributed by atoms with Gasteiger partial charge in [-0.25, -0.2) is 18.5 Å². The Morgan fingerprint density at radius 1 is 1.09 bits per heavy atom. The van der Waals surface area contributed by atoms with Crippen molar-refractivity contribution in [1.82, 2.24) is 24.4 Å². The minimum Gasteiger partial charge on any atom is -0.464 e. The molecule has 2 atom stereocenters. The van der Waals surface area contributed by atoms with E-state index < -0.39 is 59.4 Å². The molecule has 6 rings (SSSR count). The van der Waals surface area contributed by atoms with E-state index in [1.807, 2.05) is 13.8 Å². The van der Waals surface area contributed by atoms with Gasteiger partial charge in [0.1, 0.15) is 17.9 Å². The Morgan fingerprint density at radius 3 is 2.59 bits per heavy atom. The number of nitrogens with one attached hydrogen (secondary N) is 1. The lowest BCUT2D eigenvalue weighted by Gasteiger charge is -2.38. The molecule has 16 heteroatoms. The number of benzene rings is 2. The van der Waals surface area contributed by atoms with Gasteiger partial charge >= 0.3 is 17.8 Å². The van der Waals surface area contributed by atoms with Crippen LogP contribution >= 0.6 is 0 Å². The molecule has 1 amide bonds. The van der Waals surface area contributed by atoms with Crippen LogP contribution in [-0.4, -0.2) is 75.6 Å². The van der Waals surface area contributed by atoms with Crippen molar-refractivity contribution in [3.05, 3.63) is 104 Å². The van der Waals surface area contributed by atoms with Crippen LogP contribution in [0.15, 0.2) is 70.6 Å². The number of aromatic nitrogens is 4. The van der Waals surface area contributed by atoms with Gasteiger partial charge in [-0.2, -0.15) is 13.2 Å². The normalized spacial score (nSPS) is 15.5. The van der Waals surface area contributed by atoms with E-state index in [0.717, 1.165) is 15.5 Å². The summed E-state index contributed by atoms with van der Waals surface area (Å²) in [7, 11) is 1.52. The van der Waals surface area contributed by atoms with Crippen molar-refractivity contribution in [2.24, 2.45) is 13.0 Å². The van der Waals surface area contributed by atoms with Crippen molar-refractivity contribution in [3.63, 3.8) is 0 Å². The van der Waals surface area contributed by atoms with Crippen LogP contribution in [0, 0.1) is 18.7 Å². The van der Waals surface area contributed by atoms with Gasteiger partial charge < -0.3 is 19.7 Å². The second-order valence-corrected chi connectivity index (χ2v) is 13.5. The summed E-state index contributed by atoms with van der Waals surface area (Å²) in [4.78, 5) is 63.9. The van der Waals surface area contributed by atoms with Crippen LogP contribution in [0.25, 0.3) is 27.5 Å². The van der Waals surface area contributed by atoms with Crippen LogP contribution < -0.4 is 21.5 Å². The molecule has 1 aliphatic heterocycles. The Kier molecular flexibility index (Phi) is 10.8. The predicted octanol–water partition coefficient (Wildman–Crippen LogP) is 4.78. The number of carbonyl (C=O) groups is 2. The molecule has 0 radical (unpaired) electrons. The maximum absolute atomic E-state index is 15.7. The summed E-state index contributed by atoms with van der Waals surface area (Å²) in [5, 5.41) is 3.31. The first-order valence-corrected chi connectivity index (χ1v) is 17.3.